The summed E-state index contributed by atoms with van der Waals surface area (Å²) in [5, 5.41) is 0.789. The Morgan fingerprint density at radius 3 is 2.92 bits per heavy atom. The van der Waals surface area contributed by atoms with Crippen LogP contribution >= 0.6 is 11.3 Å². The molecule has 2 fully saturated rings. The first-order chi connectivity index (χ1) is 12.2. The molecule has 1 unspecified atom stereocenters. The van der Waals surface area contributed by atoms with Gasteiger partial charge in [-0.25, -0.2) is 4.98 Å². The Labute approximate surface area is 150 Å². The van der Waals surface area contributed by atoms with Gasteiger partial charge in [-0.05, 0) is 31.9 Å². The van der Waals surface area contributed by atoms with Crippen LogP contribution in [0.3, 0.4) is 0 Å². The zero-order valence-corrected chi connectivity index (χ0v) is 15.0. The molecule has 4 rings (SSSR count). The number of rotatable bonds is 3. The fourth-order valence-corrected chi connectivity index (χ4v) is 4.41. The van der Waals surface area contributed by atoms with Gasteiger partial charge in [0.25, 0.3) is 5.91 Å². The van der Waals surface area contributed by atoms with Gasteiger partial charge in [0.1, 0.15) is 9.88 Å². The van der Waals surface area contributed by atoms with E-state index in [-0.39, 0.29) is 18.1 Å². The lowest BCUT2D eigenvalue weighted by Crippen LogP contribution is -2.43. The van der Waals surface area contributed by atoms with Gasteiger partial charge >= 0.3 is 0 Å². The third-order valence-electron chi connectivity index (χ3n) is 4.65. The predicted molar refractivity (Wildman–Crippen MR) is 94.4 cm³/mol. The first-order valence-electron chi connectivity index (χ1n) is 8.63. The Balaban J connectivity index is 1.51. The van der Waals surface area contributed by atoms with Crippen LogP contribution in [0.25, 0.3) is 10.7 Å². The van der Waals surface area contributed by atoms with E-state index in [1.165, 1.54) is 11.3 Å². The number of aryl methyl sites for hydroxylation is 1. The molecule has 132 valence electrons. The Hall–Kier alpha value is -1.83. The van der Waals surface area contributed by atoms with Crippen LogP contribution < -0.4 is 0 Å². The van der Waals surface area contributed by atoms with Crippen molar-refractivity contribution in [3.8, 4) is 10.7 Å². The lowest BCUT2D eigenvalue weighted by atomic mass is 9.97. The molecule has 7 heteroatoms. The quantitative estimate of drug-likeness (QED) is 0.843. The summed E-state index contributed by atoms with van der Waals surface area (Å²) in [6, 6.07) is 5.71. The summed E-state index contributed by atoms with van der Waals surface area (Å²) >= 11 is 1.42. The first-order valence-corrected chi connectivity index (χ1v) is 9.45. The molecule has 25 heavy (non-hydrogen) atoms. The number of hydrogen-bond acceptors (Lipinski definition) is 6. The smallest absolute Gasteiger partial charge is 0.265 e. The number of ether oxygens (including phenoxy) is 2. The van der Waals surface area contributed by atoms with Crippen molar-refractivity contribution in [2.45, 2.75) is 26.1 Å². The summed E-state index contributed by atoms with van der Waals surface area (Å²) in [5.74, 6) is 0.309. The minimum Gasteiger partial charge on any atom is -0.350 e. The van der Waals surface area contributed by atoms with Gasteiger partial charge in [-0.3, -0.25) is 9.78 Å². The Morgan fingerprint density at radius 1 is 1.32 bits per heavy atom. The molecular formula is C18H21N3O3S. The number of amides is 1. The fraction of sp³-hybridized carbons (Fsp3) is 0.500. The van der Waals surface area contributed by atoms with Crippen LogP contribution in [0, 0.1) is 12.8 Å². The van der Waals surface area contributed by atoms with E-state index in [9.17, 15) is 4.79 Å². The number of aromatic nitrogens is 2. The maximum absolute atomic E-state index is 13.0. The molecule has 0 spiro atoms. The van der Waals surface area contributed by atoms with Crippen molar-refractivity contribution >= 4 is 17.2 Å². The molecule has 0 radical (unpaired) electrons. The van der Waals surface area contributed by atoms with Crippen molar-refractivity contribution in [2.75, 3.05) is 26.3 Å². The van der Waals surface area contributed by atoms with Crippen LogP contribution in [0.15, 0.2) is 24.4 Å². The number of piperidine rings is 1. The molecule has 4 heterocycles. The molecule has 1 amide bonds. The standard InChI is InChI=1S/C18H21N3O3S/c1-12-15(25-16(20-12)14-6-2-3-7-19-14)17(22)21-8-4-5-13(11-21)18-23-9-10-24-18/h2-3,6-7,13,18H,4-5,8-11H2,1H3. The van der Waals surface area contributed by atoms with Crippen molar-refractivity contribution in [1.82, 2.24) is 14.9 Å². The molecule has 1 atom stereocenters. The van der Waals surface area contributed by atoms with E-state index >= 15 is 0 Å². The third kappa shape index (κ3) is 3.44. The van der Waals surface area contributed by atoms with E-state index < -0.39 is 0 Å². The molecule has 0 saturated carbocycles. The molecule has 0 bridgehead atoms. The van der Waals surface area contributed by atoms with Gasteiger partial charge in [0.15, 0.2) is 6.29 Å². The molecule has 0 aliphatic carbocycles. The van der Waals surface area contributed by atoms with E-state index in [4.69, 9.17) is 9.47 Å². The van der Waals surface area contributed by atoms with Gasteiger partial charge in [-0.1, -0.05) is 6.07 Å². The highest BCUT2D eigenvalue weighted by Gasteiger charge is 2.34. The van der Waals surface area contributed by atoms with Gasteiger partial charge in [0, 0.05) is 25.2 Å². The fourth-order valence-electron chi connectivity index (χ4n) is 3.40. The number of pyridine rings is 1. The van der Waals surface area contributed by atoms with Gasteiger partial charge < -0.3 is 14.4 Å². The first kappa shape index (κ1) is 16.6. The van der Waals surface area contributed by atoms with E-state index in [2.05, 4.69) is 9.97 Å². The maximum Gasteiger partial charge on any atom is 0.265 e. The second kappa shape index (κ2) is 7.19. The molecule has 2 aliphatic rings. The van der Waals surface area contributed by atoms with Gasteiger partial charge in [-0.15, -0.1) is 11.3 Å². The SMILES string of the molecule is Cc1nc(-c2ccccn2)sc1C(=O)N1CCCC(C2OCCO2)C1. The molecule has 6 nitrogen and oxygen atoms in total. The normalized spacial score (nSPS) is 21.6. The highest BCUT2D eigenvalue weighted by atomic mass is 32.1. The lowest BCUT2D eigenvalue weighted by Gasteiger charge is -2.34. The van der Waals surface area contributed by atoms with Gasteiger partial charge in [0.05, 0.1) is 24.6 Å². The van der Waals surface area contributed by atoms with Gasteiger partial charge in [-0.2, -0.15) is 0 Å². The van der Waals surface area contributed by atoms with Gasteiger partial charge in [0.2, 0.25) is 0 Å². The van der Waals surface area contributed by atoms with E-state index in [1.807, 2.05) is 30.0 Å². The van der Waals surface area contributed by atoms with Crippen LogP contribution in [0.1, 0.15) is 28.2 Å². The van der Waals surface area contributed by atoms with E-state index in [0.717, 1.165) is 35.8 Å². The zero-order chi connectivity index (χ0) is 17.2. The molecule has 2 aliphatic heterocycles. The largest absolute Gasteiger partial charge is 0.350 e. The molecule has 2 aromatic rings. The second-order valence-corrected chi connectivity index (χ2v) is 7.41. The third-order valence-corrected chi connectivity index (χ3v) is 5.82. The highest BCUT2D eigenvalue weighted by molar-refractivity contribution is 7.17. The second-order valence-electron chi connectivity index (χ2n) is 6.41. The summed E-state index contributed by atoms with van der Waals surface area (Å²) in [5.41, 5.74) is 1.57. The number of thiazole rings is 1. The van der Waals surface area contributed by atoms with Crippen LogP contribution in [0.4, 0.5) is 0 Å². The minimum absolute atomic E-state index is 0.0554. The van der Waals surface area contributed by atoms with Crippen molar-refractivity contribution in [3.05, 3.63) is 35.0 Å². The molecule has 0 aromatic carbocycles. The average Bonchev–Trinajstić information content (AvgIpc) is 3.32. The summed E-state index contributed by atoms with van der Waals surface area (Å²) in [7, 11) is 0. The average molecular weight is 359 g/mol. The molecule has 0 N–H and O–H groups in total. The van der Waals surface area contributed by atoms with Crippen LogP contribution in [0.5, 0.6) is 0 Å². The molecule has 2 saturated heterocycles. The minimum atomic E-state index is -0.165. The van der Waals surface area contributed by atoms with E-state index in [1.54, 1.807) is 6.20 Å². The predicted octanol–water partition coefficient (Wildman–Crippen LogP) is 2.74. The number of hydrogen-bond donors (Lipinski definition) is 0. The summed E-state index contributed by atoms with van der Waals surface area (Å²) in [4.78, 5) is 24.5. The number of nitrogens with zero attached hydrogens (tertiary/aromatic N) is 3. The summed E-state index contributed by atoms with van der Waals surface area (Å²) in [6.07, 6.45) is 3.59. The topological polar surface area (TPSA) is 64.6 Å². The Kier molecular flexibility index (Phi) is 4.78. The number of carbonyl (C=O) groups excluding carboxylic acids is 1. The van der Waals surface area contributed by atoms with Crippen LogP contribution in [-0.4, -0.2) is 53.4 Å². The van der Waals surface area contributed by atoms with Crippen molar-refractivity contribution in [1.29, 1.82) is 0 Å². The zero-order valence-electron chi connectivity index (χ0n) is 14.2. The Morgan fingerprint density at radius 2 is 2.16 bits per heavy atom. The number of carbonyl (C=O) groups is 1. The maximum atomic E-state index is 13.0. The van der Waals surface area contributed by atoms with Crippen LogP contribution in [-0.2, 0) is 9.47 Å². The van der Waals surface area contributed by atoms with Crippen molar-refractivity contribution in [2.24, 2.45) is 5.92 Å². The van der Waals surface area contributed by atoms with Crippen molar-refractivity contribution in [3.63, 3.8) is 0 Å². The monoisotopic (exact) mass is 359 g/mol. The highest BCUT2D eigenvalue weighted by Crippen LogP contribution is 2.30. The molecule has 2 aromatic heterocycles. The Bertz CT molecular complexity index is 743. The lowest BCUT2D eigenvalue weighted by molar-refractivity contribution is -0.0969. The summed E-state index contributed by atoms with van der Waals surface area (Å²) in [6.45, 7) is 4.64. The molecular weight excluding hydrogens is 338 g/mol. The summed E-state index contributed by atoms with van der Waals surface area (Å²) < 4.78 is 11.3. The van der Waals surface area contributed by atoms with Crippen molar-refractivity contribution < 1.29 is 14.3 Å². The van der Waals surface area contributed by atoms with Crippen LogP contribution in [0.2, 0.25) is 0 Å². The van der Waals surface area contributed by atoms with E-state index in [0.29, 0.717) is 24.6 Å². The number of likely N-dealkylation sites (tertiary alicyclic amines) is 1.